The van der Waals surface area contributed by atoms with Gasteiger partial charge in [-0.05, 0) is 52.8 Å². The average molecular weight is 478 g/mol. The Hall–Kier alpha value is -2.94. The van der Waals surface area contributed by atoms with Crippen molar-refractivity contribution in [3.05, 3.63) is 65.5 Å². The van der Waals surface area contributed by atoms with Crippen LogP contribution in [-0.2, 0) is 26.2 Å². The van der Waals surface area contributed by atoms with Crippen LogP contribution in [0.1, 0.15) is 38.8 Å². The largest absolute Gasteiger partial charge is 0.350 e. The summed E-state index contributed by atoms with van der Waals surface area (Å²) in [4.78, 5) is 27.4. The summed E-state index contributed by atoms with van der Waals surface area (Å²) in [5, 5.41) is 2.82. The minimum absolute atomic E-state index is 0.185. The second-order valence-corrected chi connectivity index (χ2v) is 11.0. The van der Waals surface area contributed by atoms with E-state index in [9.17, 15) is 22.4 Å². The standard InChI is InChI=1S/C24H32FN3O4S/c1-17-11-13-20(14-12-17)28(33(6,31)32)16-22(29)27(15-19-9-7-8-10-21(19)25)18(2)23(30)26-24(3,4)5/h7-14,18H,15-16H2,1-6H3,(H,26,30). The molecule has 0 aliphatic heterocycles. The zero-order chi connectivity index (χ0) is 25.0. The molecule has 0 heterocycles. The summed E-state index contributed by atoms with van der Waals surface area (Å²) in [5.41, 5.74) is 0.947. The first kappa shape index (κ1) is 26.3. The zero-order valence-electron chi connectivity index (χ0n) is 19.9. The highest BCUT2D eigenvalue weighted by Gasteiger charge is 2.31. The van der Waals surface area contributed by atoms with Crippen molar-refractivity contribution in [2.24, 2.45) is 0 Å². The van der Waals surface area contributed by atoms with Crippen molar-refractivity contribution in [1.82, 2.24) is 10.2 Å². The van der Waals surface area contributed by atoms with Crippen molar-refractivity contribution in [1.29, 1.82) is 0 Å². The lowest BCUT2D eigenvalue weighted by Crippen LogP contribution is -2.54. The molecule has 0 aliphatic rings. The number of amides is 2. The monoisotopic (exact) mass is 477 g/mol. The summed E-state index contributed by atoms with van der Waals surface area (Å²) in [7, 11) is -3.80. The average Bonchev–Trinajstić information content (AvgIpc) is 2.69. The van der Waals surface area contributed by atoms with Gasteiger partial charge in [0.2, 0.25) is 21.8 Å². The number of halogens is 1. The van der Waals surface area contributed by atoms with Crippen molar-refractivity contribution in [2.45, 2.75) is 52.7 Å². The van der Waals surface area contributed by atoms with Gasteiger partial charge in [0.25, 0.3) is 0 Å². The van der Waals surface area contributed by atoms with E-state index in [4.69, 9.17) is 0 Å². The molecule has 0 bridgehead atoms. The van der Waals surface area contributed by atoms with E-state index in [0.29, 0.717) is 5.69 Å². The van der Waals surface area contributed by atoms with E-state index in [0.717, 1.165) is 16.1 Å². The van der Waals surface area contributed by atoms with Crippen LogP contribution in [0.5, 0.6) is 0 Å². The molecule has 7 nitrogen and oxygen atoms in total. The molecule has 0 spiro atoms. The summed E-state index contributed by atoms with van der Waals surface area (Å²) in [5.74, 6) is -1.56. The topological polar surface area (TPSA) is 86.8 Å². The Bertz CT molecular complexity index is 1100. The summed E-state index contributed by atoms with van der Waals surface area (Å²) in [6.45, 7) is 8.12. The third-order valence-corrected chi connectivity index (χ3v) is 6.11. The van der Waals surface area contributed by atoms with E-state index in [1.54, 1.807) is 30.3 Å². The van der Waals surface area contributed by atoms with Crippen LogP contribution in [0, 0.1) is 12.7 Å². The molecule has 1 N–H and O–H groups in total. The molecule has 0 aliphatic carbocycles. The molecule has 1 unspecified atom stereocenters. The normalized spacial score (nSPS) is 12.7. The molecule has 9 heteroatoms. The van der Waals surface area contributed by atoms with Gasteiger partial charge in [0.05, 0.1) is 11.9 Å². The zero-order valence-corrected chi connectivity index (χ0v) is 20.7. The number of nitrogens with one attached hydrogen (secondary N) is 1. The highest BCUT2D eigenvalue weighted by atomic mass is 32.2. The predicted octanol–water partition coefficient (Wildman–Crippen LogP) is 3.23. The minimum Gasteiger partial charge on any atom is -0.350 e. The lowest BCUT2D eigenvalue weighted by Gasteiger charge is -2.33. The van der Waals surface area contributed by atoms with Gasteiger partial charge in [-0.25, -0.2) is 12.8 Å². The first-order chi connectivity index (χ1) is 15.2. The summed E-state index contributed by atoms with van der Waals surface area (Å²) >= 11 is 0. The maximum atomic E-state index is 14.4. The molecule has 0 fully saturated rings. The quantitative estimate of drug-likeness (QED) is 0.633. The number of anilines is 1. The number of hydrogen-bond donors (Lipinski definition) is 1. The molecule has 180 valence electrons. The maximum absolute atomic E-state index is 14.4. The molecule has 0 saturated carbocycles. The van der Waals surface area contributed by atoms with Gasteiger partial charge in [-0.2, -0.15) is 0 Å². The lowest BCUT2D eigenvalue weighted by molar-refractivity contribution is -0.140. The van der Waals surface area contributed by atoms with Crippen LogP contribution >= 0.6 is 0 Å². The van der Waals surface area contributed by atoms with E-state index in [1.165, 1.54) is 30.0 Å². The Morgan fingerprint density at radius 2 is 1.64 bits per heavy atom. The molecule has 1 atom stereocenters. The molecule has 0 aromatic heterocycles. The van der Waals surface area contributed by atoms with Crippen molar-refractivity contribution >= 4 is 27.5 Å². The number of sulfonamides is 1. The van der Waals surface area contributed by atoms with Gasteiger partial charge in [0.1, 0.15) is 18.4 Å². The fourth-order valence-electron chi connectivity index (χ4n) is 3.19. The molecule has 0 radical (unpaired) electrons. The van der Waals surface area contributed by atoms with Gasteiger partial charge in [0, 0.05) is 17.6 Å². The highest BCUT2D eigenvalue weighted by Crippen LogP contribution is 2.20. The Kier molecular flexibility index (Phi) is 8.24. The summed E-state index contributed by atoms with van der Waals surface area (Å²) in [6.07, 6.45) is 1.01. The van der Waals surface area contributed by atoms with E-state index in [2.05, 4.69) is 5.32 Å². The SMILES string of the molecule is Cc1ccc(N(CC(=O)N(Cc2ccccc2F)C(C)C(=O)NC(C)(C)C)S(C)(=O)=O)cc1. The summed E-state index contributed by atoms with van der Waals surface area (Å²) < 4.78 is 40.3. The Labute approximate surface area is 195 Å². The van der Waals surface area contributed by atoms with Crippen molar-refractivity contribution < 1.29 is 22.4 Å². The molecule has 2 rings (SSSR count). The molecular weight excluding hydrogens is 445 g/mol. The van der Waals surface area contributed by atoms with Crippen molar-refractivity contribution in [2.75, 3.05) is 17.1 Å². The van der Waals surface area contributed by atoms with Crippen molar-refractivity contribution in [3.8, 4) is 0 Å². The van der Waals surface area contributed by atoms with Crippen molar-refractivity contribution in [3.63, 3.8) is 0 Å². The van der Waals surface area contributed by atoms with Crippen LogP contribution < -0.4 is 9.62 Å². The Morgan fingerprint density at radius 3 is 2.15 bits per heavy atom. The van der Waals surface area contributed by atoms with E-state index < -0.39 is 45.8 Å². The molecule has 33 heavy (non-hydrogen) atoms. The molecule has 0 saturated heterocycles. The number of carbonyl (C=O) groups excluding carboxylic acids is 2. The number of aryl methyl sites for hydroxylation is 1. The van der Waals surface area contributed by atoms with Gasteiger partial charge in [-0.15, -0.1) is 0 Å². The lowest BCUT2D eigenvalue weighted by atomic mass is 10.1. The Balaban J connectivity index is 2.41. The minimum atomic E-state index is -3.80. The van der Waals surface area contributed by atoms with E-state index >= 15 is 0 Å². The second kappa shape index (κ2) is 10.3. The fourth-order valence-corrected chi connectivity index (χ4v) is 4.04. The molecule has 2 amide bonds. The fraction of sp³-hybridized carbons (Fsp3) is 0.417. The Morgan fingerprint density at radius 1 is 1.06 bits per heavy atom. The van der Waals surface area contributed by atoms with Crippen LogP contribution in [0.4, 0.5) is 10.1 Å². The first-order valence-electron chi connectivity index (χ1n) is 10.6. The first-order valence-corrected chi connectivity index (χ1v) is 12.4. The van der Waals surface area contributed by atoms with E-state index in [-0.39, 0.29) is 12.1 Å². The van der Waals surface area contributed by atoms with Crippen LogP contribution in [0.15, 0.2) is 48.5 Å². The highest BCUT2D eigenvalue weighted by molar-refractivity contribution is 7.92. The smallest absolute Gasteiger partial charge is 0.244 e. The van der Waals surface area contributed by atoms with E-state index in [1.807, 2.05) is 27.7 Å². The van der Waals surface area contributed by atoms with Crippen LogP contribution in [0.25, 0.3) is 0 Å². The van der Waals surface area contributed by atoms with Crippen LogP contribution in [0.3, 0.4) is 0 Å². The number of benzene rings is 2. The second-order valence-electron chi connectivity index (χ2n) is 9.13. The summed E-state index contributed by atoms with van der Waals surface area (Å²) in [6, 6.07) is 11.7. The van der Waals surface area contributed by atoms with Gasteiger partial charge >= 0.3 is 0 Å². The maximum Gasteiger partial charge on any atom is 0.244 e. The van der Waals surface area contributed by atoms with Gasteiger partial charge in [-0.3, -0.25) is 13.9 Å². The number of rotatable bonds is 8. The third kappa shape index (κ3) is 7.56. The molecule has 2 aromatic carbocycles. The number of nitrogens with zero attached hydrogens (tertiary/aromatic N) is 2. The molecule has 2 aromatic rings. The van der Waals surface area contributed by atoms with Crippen LogP contribution in [-0.4, -0.2) is 49.5 Å². The van der Waals surface area contributed by atoms with Gasteiger partial charge < -0.3 is 10.2 Å². The third-order valence-electron chi connectivity index (χ3n) is 4.97. The predicted molar refractivity (Wildman–Crippen MR) is 128 cm³/mol. The van der Waals surface area contributed by atoms with Crippen LogP contribution in [0.2, 0.25) is 0 Å². The number of carbonyl (C=O) groups is 2. The number of hydrogen-bond acceptors (Lipinski definition) is 4. The molecular formula is C24H32FN3O4S. The van der Waals surface area contributed by atoms with Gasteiger partial charge in [0.15, 0.2) is 0 Å². The van der Waals surface area contributed by atoms with Gasteiger partial charge in [-0.1, -0.05) is 35.9 Å².